The third-order valence-corrected chi connectivity index (χ3v) is 5.85. The van der Waals surface area contributed by atoms with Crippen LogP contribution in [0.2, 0.25) is 5.31 Å². The first kappa shape index (κ1) is 24.2. The van der Waals surface area contributed by atoms with Gasteiger partial charge in [0.1, 0.15) is 0 Å². The zero-order valence-corrected chi connectivity index (χ0v) is 18.8. The molecule has 1 fully saturated rings. The summed E-state index contributed by atoms with van der Waals surface area (Å²) in [5.41, 5.74) is -0.530. The fraction of sp³-hybridized carbons (Fsp3) is 0.913. The van der Waals surface area contributed by atoms with Gasteiger partial charge in [0, 0.05) is 12.0 Å². The lowest BCUT2D eigenvalue weighted by atomic mass is 9.65. The summed E-state index contributed by atoms with van der Waals surface area (Å²) in [6.45, 7) is 12.3. The molecule has 4 heteroatoms. The second kappa shape index (κ2) is 10.7. The minimum absolute atomic E-state index is 0.00620. The number of likely N-dealkylation sites (tertiary alicyclic amines) is 1. The molecule has 1 rings (SSSR count). The van der Waals surface area contributed by atoms with Crippen molar-refractivity contribution in [2.24, 2.45) is 11.8 Å². The summed E-state index contributed by atoms with van der Waals surface area (Å²) in [5, 5.41) is -0.414. The molecule has 0 bridgehead atoms. The highest BCUT2D eigenvalue weighted by Crippen LogP contribution is 2.41. The Balaban J connectivity index is 2.87. The molecule has 1 aliphatic heterocycles. The fourth-order valence-electron chi connectivity index (χ4n) is 4.89. The molecule has 0 aromatic rings. The average molecular weight is 375 g/mol. The summed E-state index contributed by atoms with van der Waals surface area (Å²) in [6.07, 6.45) is 11.6. The van der Waals surface area contributed by atoms with Crippen molar-refractivity contribution < 1.29 is 9.59 Å². The van der Waals surface area contributed by atoms with Crippen LogP contribution in [0.4, 0.5) is 0 Å². The predicted molar refractivity (Wildman–Crippen MR) is 115 cm³/mol. The van der Waals surface area contributed by atoms with Crippen LogP contribution >= 0.6 is 0 Å². The predicted octanol–water partition coefficient (Wildman–Crippen LogP) is 6.06. The molecule has 0 spiro atoms. The van der Waals surface area contributed by atoms with Gasteiger partial charge in [0.25, 0.3) is 0 Å². The molecular weight excluding hydrogens is 333 g/mol. The zero-order chi connectivity index (χ0) is 20.7. The smallest absolute Gasteiger partial charge is 0.233 e. The van der Waals surface area contributed by atoms with Gasteiger partial charge >= 0.3 is 0 Å². The average Bonchev–Trinajstić information content (AvgIpc) is 2.83. The van der Waals surface area contributed by atoms with Crippen molar-refractivity contribution in [3.8, 4) is 0 Å². The normalized spacial score (nSPS) is 19.8. The minimum atomic E-state index is -0.530. The van der Waals surface area contributed by atoms with Crippen molar-refractivity contribution in [1.29, 1.82) is 0 Å². The highest BCUT2D eigenvalue weighted by molar-refractivity contribution is 6.14. The van der Waals surface area contributed by atoms with Gasteiger partial charge in [-0.25, -0.2) is 0 Å². The van der Waals surface area contributed by atoms with E-state index < -0.39 is 10.9 Å². The van der Waals surface area contributed by atoms with Crippen molar-refractivity contribution in [3.63, 3.8) is 0 Å². The summed E-state index contributed by atoms with van der Waals surface area (Å²) < 4.78 is 0. The van der Waals surface area contributed by atoms with Crippen molar-refractivity contribution in [2.45, 2.75) is 123 Å². The molecule has 3 nitrogen and oxygen atoms in total. The van der Waals surface area contributed by atoms with Gasteiger partial charge < -0.3 is 0 Å². The Morgan fingerprint density at radius 3 is 2.00 bits per heavy atom. The third-order valence-electron chi connectivity index (χ3n) is 5.85. The van der Waals surface area contributed by atoms with Crippen LogP contribution in [-0.2, 0) is 9.59 Å². The molecule has 0 N–H and O–H groups in total. The van der Waals surface area contributed by atoms with E-state index in [0.29, 0.717) is 18.8 Å². The highest BCUT2D eigenvalue weighted by atomic mass is 16.2. The number of imide groups is 1. The van der Waals surface area contributed by atoms with Gasteiger partial charge in [-0.2, -0.15) is 0 Å². The Bertz CT molecular complexity index is 481. The second-order valence-electron chi connectivity index (χ2n) is 9.96. The standard InChI is InChI=1S/C23H42BNO2/c1-7-9-11-13-15-18(14-12-10-8-2)19-16-20(26)25(21(19)27)23(5,6)17-22(3,4)24/h18-19H,7-17H2,1-6H3. The number of amides is 2. The van der Waals surface area contributed by atoms with Crippen LogP contribution in [0.5, 0.6) is 0 Å². The molecule has 0 aliphatic carbocycles. The van der Waals surface area contributed by atoms with Crippen molar-refractivity contribution in [1.82, 2.24) is 4.90 Å². The number of hydrogen-bond donors (Lipinski definition) is 0. The van der Waals surface area contributed by atoms with E-state index >= 15 is 0 Å². The van der Waals surface area contributed by atoms with E-state index in [1.165, 1.54) is 38.5 Å². The van der Waals surface area contributed by atoms with Crippen LogP contribution in [0.1, 0.15) is 112 Å². The van der Waals surface area contributed by atoms with Crippen molar-refractivity contribution in [2.75, 3.05) is 0 Å². The number of carbonyl (C=O) groups excluding carboxylic acids is 2. The van der Waals surface area contributed by atoms with Crippen molar-refractivity contribution in [3.05, 3.63) is 0 Å². The summed E-state index contributed by atoms with van der Waals surface area (Å²) in [5.74, 6) is 0.257. The lowest BCUT2D eigenvalue weighted by molar-refractivity contribution is -0.146. The molecule has 1 aliphatic rings. The molecule has 1 saturated heterocycles. The maximum atomic E-state index is 13.3. The fourth-order valence-corrected chi connectivity index (χ4v) is 4.89. The molecule has 2 unspecified atom stereocenters. The maximum absolute atomic E-state index is 13.3. The number of nitrogens with zero attached hydrogens (tertiary/aromatic N) is 1. The Morgan fingerprint density at radius 1 is 0.963 bits per heavy atom. The van der Waals surface area contributed by atoms with Crippen LogP contribution < -0.4 is 0 Å². The van der Waals surface area contributed by atoms with Gasteiger partial charge in [-0.1, -0.05) is 78.0 Å². The van der Waals surface area contributed by atoms with Crippen LogP contribution in [0.15, 0.2) is 0 Å². The Labute approximate surface area is 169 Å². The molecule has 27 heavy (non-hydrogen) atoms. The number of rotatable bonds is 13. The van der Waals surface area contributed by atoms with E-state index in [-0.39, 0.29) is 17.7 Å². The number of hydrogen-bond acceptors (Lipinski definition) is 2. The molecule has 2 amide bonds. The molecule has 0 aromatic heterocycles. The van der Waals surface area contributed by atoms with Crippen molar-refractivity contribution >= 4 is 19.7 Å². The topological polar surface area (TPSA) is 37.4 Å². The molecule has 2 radical (unpaired) electrons. The van der Waals surface area contributed by atoms with E-state index in [0.717, 1.165) is 19.3 Å². The summed E-state index contributed by atoms with van der Waals surface area (Å²) in [7, 11) is 6.20. The molecule has 2 atom stereocenters. The Kier molecular flexibility index (Phi) is 9.58. The van der Waals surface area contributed by atoms with Gasteiger partial charge in [-0.05, 0) is 39.0 Å². The molecule has 0 aromatic carbocycles. The van der Waals surface area contributed by atoms with E-state index in [2.05, 4.69) is 13.8 Å². The van der Waals surface area contributed by atoms with E-state index in [1.807, 2.05) is 27.7 Å². The molecule has 0 saturated carbocycles. The molecule has 154 valence electrons. The van der Waals surface area contributed by atoms with Gasteiger partial charge in [0.15, 0.2) is 0 Å². The summed E-state index contributed by atoms with van der Waals surface area (Å²) in [4.78, 5) is 27.6. The number of unbranched alkanes of at least 4 members (excludes halogenated alkanes) is 5. The monoisotopic (exact) mass is 375 g/mol. The second-order valence-corrected chi connectivity index (χ2v) is 9.96. The molecule has 1 heterocycles. The highest BCUT2D eigenvalue weighted by Gasteiger charge is 2.48. The minimum Gasteiger partial charge on any atom is -0.277 e. The first-order valence-electron chi connectivity index (χ1n) is 11.2. The van der Waals surface area contributed by atoms with Gasteiger partial charge in [-0.3, -0.25) is 14.5 Å². The maximum Gasteiger partial charge on any atom is 0.233 e. The van der Waals surface area contributed by atoms with E-state index in [9.17, 15) is 9.59 Å². The quantitative estimate of drug-likeness (QED) is 0.223. The zero-order valence-electron chi connectivity index (χ0n) is 18.8. The van der Waals surface area contributed by atoms with Crippen LogP contribution in [0.25, 0.3) is 0 Å². The lowest BCUT2D eigenvalue weighted by Crippen LogP contribution is -2.49. The van der Waals surface area contributed by atoms with Gasteiger partial charge in [0.2, 0.25) is 11.8 Å². The third kappa shape index (κ3) is 7.62. The summed E-state index contributed by atoms with van der Waals surface area (Å²) in [6, 6.07) is 0. The van der Waals surface area contributed by atoms with E-state index in [4.69, 9.17) is 7.85 Å². The Morgan fingerprint density at radius 2 is 1.48 bits per heavy atom. The number of carbonyl (C=O) groups is 2. The van der Waals surface area contributed by atoms with Gasteiger partial charge in [0.05, 0.1) is 13.8 Å². The summed E-state index contributed by atoms with van der Waals surface area (Å²) >= 11 is 0. The first-order chi connectivity index (χ1) is 12.5. The largest absolute Gasteiger partial charge is 0.277 e. The molecular formula is C23H42BNO2. The van der Waals surface area contributed by atoms with Crippen LogP contribution in [0, 0.1) is 11.8 Å². The van der Waals surface area contributed by atoms with Crippen LogP contribution in [0.3, 0.4) is 0 Å². The SMILES string of the molecule is [B]C(C)(C)CC(C)(C)N1C(=O)CC(C(CCCCC)CCCCCC)C1=O. The first-order valence-corrected chi connectivity index (χ1v) is 11.2. The van der Waals surface area contributed by atoms with Gasteiger partial charge in [-0.15, -0.1) is 0 Å². The van der Waals surface area contributed by atoms with E-state index in [1.54, 1.807) is 4.90 Å². The Hall–Kier alpha value is -0.795. The lowest BCUT2D eigenvalue weighted by Gasteiger charge is -2.39. The van der Waals surface area contributed by atoms with Crippen LogP contribution in [-0.4, -0.2) is 30.1 Å².